The summed E-state index contributed by atoms with van der Waals surface area (Å²) in [5.41, 5.74) is 0.705. The zero-order chi connectivity index (χ0) is 13.7. The summed E-state index contributed by atoms with van der Waals surface area (Å²) in [5.74, 6) is 0.753. The highest BCUT2D eigenvalue weighted by molar-refractivity contribution is 6.30. The lowest BCUT2D eigenvalue weighted by Crippen LogP contribution is -1.98. The number of aromatic amines is 1. The van der Waals surface area contributed by atoms with E-state index in [1.54, 1.807) is 6.07 Å². The zero-order valence-electron chi connectivity index (χ0n) is 9.90. The molecule has 0 aliphatic carbocycles. The van der Waals surface area contributed by atoms with E-state index in [2.05, 4.69) is 19.9 Å². The third-order valence-electron chi connectivity index (χ3n) is 2.38. The second kappa shape index (κ2) is 6.29. The fraction of sp³-hybridized carbons (Fsp3) is 0.250. The molecule has 1 aromatic carbocycles. The second-order valence-electron chi connectivity index (χ2n) is 3.87. The molecule has 2 rings (SSSR count). The number of H-pyrrole nitrogens is 1. The number of carbonyl (C=O) groups excluding carboxylic acids is 1. The first-order valence-corrected chi connectivity index (χ1v) is 5.95. The maximum absolute atomic E-state index is 13.2. The SMILES string of the molecule is O=COCCc1n[nH]c(Cc2cc(F)cc(Cl)c2)n1. The molecular formula is C12H11ClFN3O2. The maximum Gasteiger partial charge on any atom is 0.293 e. The molecule has 0 spiro atoms. The van der Waals surface area contributed by atoms with Gasteiger partial charge in [-0.2, -0.15) is 5.10 Å². The highest BCUT2D eigenvalue weighted by atomic mass is 35.5. The fourth-order valence-corrected chi connectivity index (χ4v) is 1.87. The minimum Gasteiger partial charge on any atom is -0.467 e. The summed E-state index contributed by atoms with van der Waals surface area (Å²) >= 11 is 5.77. The van der Waals surface area contributed by atoms with Crippen LogP contribution >= 0.6 is 11.6 Å². The summed E-state index contributed by atoms with van der Waals surface area (Å²) in [7, 11) is 0. The molecule has 1 heterocycles. The average molecular weight is 284 g/mol. The first-order valence-electron chi connectivity index (χ1n) is 5.58. The van der Waals surface area contributed by atoms with Crippen molar-refractivity contribution >= 4 is 18.1 Å². The van der Waals surface area contributed by atoms with Crippen molar-refractivity contribution in [2.45, 2.75) is 12.8 Å². The molecule has 7 heteroatoms. The highest BCUT2D eigenvalue weighted by Gasteiger charge is 2.06. The van der Waals surface area contributed by atoms with Crippen LogP contribution in [0.1, 0.15) is 17.2 Å². The molecule has 100 valence electrons. The molecule has 1 N–H and O–H groups in total. The van der Waals surface area contributed by atoms with Crippen LogP contribution in [0.3, 0.4) is 0 Å². The average Bonchev–Trinajstić information content (AvgIpc) is 2.76. The van der Waals surface area contributed by atoms with Gasteiger partial charge in [0.05, 0.1) is 6.61 Å². The third kappa shape index (κ3) is 4.03. The first kappa shape index (κ1) is 13.5. The minimum atomic E-state index is -0.387. The Morgan fingerprint density at radius 2 is 2.26 bits per heavy atom. The van der Waals surface area contributed by atoms with Gasteiger partial charge >= 0.3 is 0 Å². The summed E-state index contributed by atoms with van der Waals surface area (Å²) in [6.45, 7) is 0.606. The lowest BCUT2D eigenvalue weighted by atomic mass is 10.1. The number of ether oxygens (including phenoxy) is 1. The lowest BCUT2D eigenvalue weighted by Gasteiger charge is -1.99. The van der Waals surface area contributed by atoms with Crippen molar-refractivity contribution < 1.29 is 13.9 Å². The number of hydrogen-bond donors (Lipinski definition) is 1. The molecule has 0 fully saturated rings. The van der Waals surface area contributed by atoms with Crippen LogP contribution < -0.4 is 0 Å². The van der Waals surface area contributed by atoms with Gasteiger partial charge < -0.3 is 4.74 Å². The van der Waals surface area contributed by atoms with Crippen LogP contribution in [0.25, 0.3) is 0 Å². The van der Waals surface area contributed by atoms with Crippen LogP contribution in [0, 0.1) is 5.82 Å². The molecule has 0 saturated carbocycles. The van der Waals surface area contributed by atoms with Crippen LogP contribution in [0.4, 0.5) is 4.39 Å². The van der Waals surface area contributed by atoms with Crippen LogP contribution in [0.5, 0.6) is 0 Å². The molecule has 5 nitrogen and oxygen atoms in total. The number of nitrogens with one attached hydrogen (secondary N) is 1. The van der Waals surface area contributed by atoms with Crippen LogP contribution in [0.15, 0.2) is 18.2 Å². The van der Waals surface area contributed by atoms with Gasteiger partial charge in [0.2, 0.25) is 0 Å². The van der Waals surface area contributed by atoms with E-state index in [0.29, 0.717) is 41.5 Å². The van der Waals surface area contributed by atoms with Gasteiger partial charge in [0.15, 0.2) is 5.82 Å². The predicted octanol–water partition coefficient (Wildman–Crippen LogP) is 1.90. The van der Waals surface area contributed by atoms with Gasteiger partial charge in [0.25, 0.3) is 6.47 Å². The Balaban J connectivity index is 2.00. The Kier molecular flexibility index (Phi) is 4.46. The van der Waals surface area contributed by atoms with E-state index in [0.717, 1.165) is 0 Å². The Morgan fingerprint density at radius 1 is 1.42 bits per heavy atom. The Morgan fingerprint density at radius 3 is 3.00 bits per heavy atom. The molecule has 0 amide bonds. The fourth-order valence-electron chi connectivity index (χ4n) is 1.63. The second-order valence-corrected chi connectivity index (χ2v) is 4.31. The zero-order valence-corrected chi connectivity index (χ0v) is 10.7. The third-order valence-corrected chi connectivity index (χ3v) is 2.60. The number of carbonyl (C=O) groups is 1. The molecule has 1 aromatic heterocycles. The molecule has 0 saturated heterocycles. The quantitative estimate of drug-likeness (QED) is 0.649. The van der Waals surface area contributed by atoms with Gasteiger partial charge in [-0.15, -0.1) is 0 Å². The normalized spacial score (nSPS) is 10.4. The van der Waals surface area contributed by atoms with Gasteiger partial charge in [0.1, 0.15) is 11.6 Å². The number of nitrogens with zero attached hydrogens (tertiary/aromatic N) is 2. The van der Waals surface area contributed by atoms with Gasteiger partial charge in [-0.1, -0.05) is 11.6 Å². The Bertz CT molecular complexity index is 554. The maximum atomic E-state index is 13.2. The molecule has 0 unspecified atom stereocenters. The van der Waals surface area contributed by atoms with E-state index in [-0.39, 0.29) is 12.4 Å². The van der Waals surface area contributed by atoms with Crippen LogP contribution in [-0.4, -0.2) is 28.3 Å². The minimum absolute atomic E-state index is 0.229. The van der Waals surface area contributed by atoms with Crippen molar-refractivity contribution in [1.29, 1.82) is 0 Å². The standard InChI is InChI=1S/C12H11ClFN3O2/c13-9-3-8(4-10(14)6-9)5-12-15-11(16-17-12)1-2-19-7-18/h3-4,6-7H,1-2,5H2,(H,15,16,17). The summed E-state index contributed by atoms with van der Waals surface area (Å²) in [6, 6.07) is 4.31. The molecule has 2 aromatic rings. The van der Waals surface area contributed by atoms with Crippen molar-refractivity contribution in [1.82, 2.24) is 15.2 Å². The number of halogens is 2. The Hall–Kier alpha value is -1.95. The van der Waals surface area contributed by atoms with Crippen molar-refractivity contribution in [2.24, 2.45) is 0 Å². The summed E-state index contributed by atoms with van der Waals surface area (Å²) < 4.78 is 17.7. The monoisotopic (exact) mass is 283 g/mol. The predicted molar refractivity (Wildman–Crippen MR) is 66.3 cm³/mol. The summed E-state index contributed by atoms with van der Waals surface area (Å²) in [5, 5.41) is 7.06. The first-order chi connectivity index (χ1) is 9.17. The largest absolute Gasteiger partial charge is 0.467 e. The smallest absolute Gasteiger partial charge is 0.293 e. The molecular weight excluding hydrogens is 273 g/mol. The van der Waals surface area contributed by atoms with Crippen molar-refractivity contribution in [2.75, 3.05) is 6.61 Å². The molecule has 0 radical (unpaired) electrons. The van der Waals surface area contributed by atoms with E-state index in [1.165, 1.54) is 12.1 Å². The highest BCUT2D eigenvalue weighted by Crippen LogP contribution is 2.16. The van der Waals surface area contributed by atoms with Gasteiger partial charge in [-0.3, -0.25) is 9.89 Å². The lowest BCUT2D eigenvalue weighted by molar-refractivity contribution is -0.128. The number of aromatic nitrogens is 3. The number of hydrogen-bond acceptors (Lipinski definition) is 4. The van der Waals surface area contributed by atoms with Gasteiger partial charge in [-0.05, 0) is 23.8 Å². The molecule has 0 atom stereocenters. The number of rotatable bonds is 6. The van der Waals surface area contributed by atoms with E-state index in [9.17, 15) is 9.18 Å². The Labute approximate surface area is 113 Å². The van der Waals surface area contributed by atoms with Crippen LogP contribution in [-0.2, 0) is 22.4 Å². The summed E-state index contributed by atoms with van der Waals surface area (Å²) in [4.78, 5) is 14.2. The molecule has 0 aliphatic heterocycles. The molecule has 0 bridgehead atoms. The van der Waals surface area contributed by atoms with E-state index >= 15 is 0 Å². The van der Waals surface area contributed by atoms with E-state index in [1.807, 2.05) is 0 Å². The van der Waals surface area contributed by atoms with Crippen LogP contribution in [0.2, 0.25) is 5.02 Å². The van der Waals surface area contributed by atoms with Crippen molar-refractivity contribution in [3.8, 4) is 0 Å². The van der Waals surface area contributed by atoms with Gasteiger partial charge in [0, 0.05) is 17.9 Å². The molecule has 19 heavy (non-hydrogen) atoms. The van der Waals surface area contributed by atoms with Gasteiger partial charge in [-0.25, -0.2) is 9.37 Å². The van der Waals surface area contributed by atoms with Crippen molar-refractivity contribution in [3.05, 3.63) is 46.3 Å². The van der Waals surface area contributed by atoms with Crippen molar-refractivity contribution in [3.63, 3.8) is 0 Å². The van der Waals surface area contributed by atoms with E-state index in [4.69, 9.17) is 11.6 Å². The number of benzene rings is 1. The summed E-state index contributed by atoms with van der Waals surface area (Å²) in [6.07, 6.45) is 0.832. The topological polar surface area (TPSA) is 67.9 Å². The molecule has 0 aliphatic rings. The van der Waals surface area contributed by atoms with E-state index < -0.39 is 0 Å².